The van der Waals surface area contributed by atoms with Crippen molar-refractivity contribution >= 4 is 5.91 Å². The standard InChI is InChI=1S/C13H11N5O3/c14-11(19)7-20-10-3-1-8(2-4-10)12-17-13(21-18-12)9-5-15-16-6-9/h1-6H,7H2,(H2,14,19)(H,15,16). The number of aromatic nitrogens is 4. The van der Waals surface area contributed by atoms with Crippen LogP contribution in [0, 0.1) is 0 Å². The molecule has 0 unspecified atom stereocenters. The number of H-pyrrole nitrogens is 1. The number of rotatable bonds is 5. The van der Waals surface area contributed by atoms with E-state index < -0.39 is 5.91 Å². The molecule has 8 heteroatoms. The Morgan fingerprint density at radius 1 is 1.29 bits per heavy atom. The fraction of sp³-hybridized carbons (Fsp3) is 0.0769. The third-order valence-corrected chi connectivity index (χ3v) is 2.66. The third-order valence-electron chi connectivity index (χ3n) is 2.66. The molecule has 0 aliphatic carbocycles. The molecule has 0 bridgehead atoms. The van der Waals surface area contributed by atoms with E-state index in [1.165, 1.54) is 0 Å². The summed E-state index contributed by atoms with van der Waals surface area (Å²) in [6.07, 6.45) is 3.26. The summed E-state index contributed by atoms with van der Waals surface area (Å²) in [6, 6.07) is 6.93. The van der Waals surface area contributed by atoms with Crippen LogP contribution in [-0.4, -0.2) is 32.9 Å². The minimum absolute atomic E-state index is 0.161. The summed E-state index contributed by atoms with van der Waals surface area (Å²) in [6.45, 7) is -0.161. The minimum atomic E-state index is -0.526. The molecule has 2 aromatic heterocycles. The Hall–Kier alpha value is -3.16. The zero-order chi connectivity index (χ0) is 14.7. The molecule has 8 nitrogen and oxygen atoms in total. The topological polar surface area (TPSA) is 120 Å². The summed E-state index contributed by atoms with van der Waals surface area (Å²) in [5.41, 5.74) is 6.49. The summed E-state index contributed by atoms with van der Waals surface area (Å²) in [7, 11) is 0. The third kappa shape index (κ3) is 2.89. The molecular formula is C13H11N5O3. The molecule has 0 aliphatic heterocycles. The number of ether oxygens (including phenoxy) is 1. The average molecular weight is 285 g/mol. The van der Waals surface area contributed by atoms with E-state index in [1.807, 2.05) is 0 Å². The Balaban J connectivity index is 1.76. The van der Waals surface area contributed by atoms with Crippen LogP contribution in [0.2, 0.25) is 0 Å². The molecule has 0 spiro atoms. The molecule has 0 atom stereocenters. The summed E-state index contributed by atoms with van der Waals surface area (Å²) in [4.78, 5) is 14.9. The molecule has 0 fully saturated rings. The molecule has 1 amide bonds. The van der Waals surface area contributed by atoms with Gasteiger partial charge in [-0.25, -0.2) is 0 Å². The van der Waals surface area contributed by atoms with E-state index in [0.717, 1.165) is 11.1 Å². The van der Waals surface area contributed by atoms with Gasteiger partial charge >= 0.3 is 0 Å². The van der Waals surface area contributed by atoms with Gasteiger partial charge in [0.1, 0.15) is 5.75 Å². The fourth-order valence-corrected chi connectivity index (χ4v) is 1.68. The van der Waals surface area contributed by atoms with E-state index in [0.29, 0.717) is 17.5 Å². The van der Waals surface area contributed by atoms with E-state index in [-0.39, 0.29) is 6.61 Å². The first-order valence-corrected chi connectivity index (χ1v) is 6.07. The van der Waals surface area contributed by atoms with Crippen molar-refractivity contribution in [3.8, 4) is 28.6 Å². The van der Waals surface area contributed by atoms with Gasteiger partial charge < -0.3 is 15.0 Å². The van der Waals surface area contributed by atoms with Crippen molar-refractivity contribution in [3.05, 3.63) is 36.7 Å². The highest BCUT2D eigenvalue weighted by Crippen LogP contribution is 2.23. The Morgan fingerprint density at radius 3 is 2.76 bits per heavy atom. The van der Waals surface area contributed by atoms with E-state index in [1.54, 1.807) is 36.7 Å². The first kappa shape index (κ1) is 12.9. The van der Waals surface area contributed by atoms with Crippen molar-refractivity contribution in [2.75, 3.05) is 6.61 Å². The van der Waals surface area contributed by atoms with Crippen LogP contribution in [-0.2, 0) is 4.79 Å². The predicted molar refractivity (Wildman–Crippen MR) is 72.0 cm³/mol. The maximum atomic E-state index is 10.6. The van der Waals surface area contributed by atoms with Crippen LogP contribution in [0.15, 0.2) is 41.2 Å². The number of nitrogens with one attached hydrogen (secondary N) is 1. The summed E-state index contributed by atoms with van der Waals surface area (Å²) in [5.74, 6) is 0.846. The highest BCUT2D eigenvalue weighted by Gasteiger charge is 2.11. The second-order valence-electron chi connectivity index (χ2n) is 4.19. The van der Waals surface area contributed by atoms with Crippen LogP contribution >= 0.6 is 0 Å². The van der Waals surface area contributed by atoms with Crippen molar-refractivity contribution in [1.29, 1.82) is 0 Å². The molecule has 106 valence electrons. The first-order valence-electron chi connectivity index (χ1n) is 6.07. The molecule has 2 heterocycles. The Bertz CT molecular complexity index is 734. The lowest BCUT2D eigenvalue weighted by atomic mass is 10.2. The minimum Gasteiger partial charge on any atom is -0.484 e. The summed E-state index contributed by atoms with van der Waals surface area (Å²) >= 11 is 0. The SMILES string of the molecule is NC(=O)COc1ccc(-c2noc(-c3cn[nH]c3)n2)cc1. The Labute approximate surface area is 118 Å². The van der Waals surface area contributed by atoms with E-state index in [2.05, 4.69) is 20.3 Å². The number of benzene rings is 1. The molecule has 0 saturated heterocycles. The molecule has 3 aromatic rings. The molecule has 1 aromatic carbocycles. The Morgan fingerprint density at radius 2 is 2.10 bits per heavy atom. The van der Waals surface area contributed by atoms with Crippen LogP contribution in [0.5, 0.6) is 5.75 Å². The second kappa shape index (κ2) is 5.45. The molecule has 3 N–H and O–H groups in total. The number of carbonyl (C=O) groups excluding carboxylic acids is 1. The quantitative estimate of drug-likeness (QED) is 0.721. The van der Waals surface area contributed by atoms with Crippen LogP contribution < -0.4 is 10.5 Å². The maximum absolute atomic E-state index is 10.6. The Kier molecular flexibility index (Phi) is 3.34. The van der Waals surface area contributed by atoms with Crippen molar-refractivity contribution < 1.29 is 14.1 Å². The van der Waals surface area contributed by atoms with Crippen LogP contribution in [0.3, 0.4) is 0 Å². The van der Waals surface area contributed by atoms with Gasteiger partial charge in [0, 0.05) is 11.8 Å². The van der Waals surface area contributed by atoms with Crippen molar-refractivity contribution in [2.24, 2.45) is 5.73 Å². The van der Waals surface area contributed by atoms with Gasteiger partial charge in [0.05, 0.1) is 11.8 Å². The number of carbonyl (C=O) groups is 1. The monoisotopic (exact) mass is 285 g/mol. The van der Waals surface area contributed by atoms with E-state index in [9.17, 15) is 4.79 Å². The van der Waals surface area contributed by atoms with Gasteiger partial charge in [0.25, 0.3) is 11.8 Å². The summed E-state index contributed by atoms with van der Waals surface area (Å²) in [5, 5.41) is 10.4. The lowest BCUT2D eigenvalue weighted by Gasteiger charge is -2.03. The normalized spacial score (nSPS) is 10.5. The zero-order valence-electron chi connectivity index (χ0n) is 10.8. The molecule has 3 rings (SSSR count). The predicted octanol–water partition coefficient (Wildman–Crippen LogP) is 0.991. The second-order valence-corrected chi connectivity index (χ2v) is 4.19. The molecule has 0 aliphatic rings. The molecular weight excluding hydrogens is 274 g/mol. The highest BCUT2D eigenvalue weighted by molar-refractivity contribution is 5.75. The van der Waals surface area contributed by atoms with E-state index in [4.69, 9.17) is 15.0 Å². The van der Waals surface area contributed by atoms with Gasteiger partial charge in [-0.3, -0.25) is 9.89 Å². The molecule has 0 saturated carbocycles. The zero-order valence-corrected chi connectivity index (χ0v) is 10.8. The van der Waals surface area contributed by atoms with Gasteiger partial charge in [-0.05, 0) is 24.3 Å². The smallest absolute Gasteiger partial charge is 0.261 e. The van der Waals surface area contributed by atoms with Crippen molar-refractivity contribution in [3.63, 3.8) is 0 Å². The molecule has 21 heavy (non-hydrogen) atoms. The number of hydrogen-bond donors (Lipinski definition) is 2. The van der Waals surface area contributed by atoms with Crippen LogP contribution in [0.1, 0.15) is 0 Å². The van der Waals surface area contributed by atoms with Crippen LogP contribution in [0.25, 0.3) is 22.8 Å². The van der Waals surface area contributed by atoms with Crippen LogP contribution in [0.4, 0.5) is 0 Å². The lowest BCUT2D eigenvalue weighted by molar-refractivity contribution is -0.119. The number of nitrogens with zero attached hydrogens (tertiary/aromatic N) is 3. The van der Waals surface area contributed by atoms with Crippen molar-refractivity contribution in [1.82, 2.24) is 20.3 Å². The van der Waals surface area contributed by atoms with E-state index >= 15 is 0 Å². The number of hydrogen-bond acceptors (Lipinski definition) is 6. The number of amides is 1. The lowest BCUT2D eigenvalue weighted by Crippen LogP contribution is -2.19. The average Bonchev–Trinajstić information content (AvgIpc) is 3.16. The van der Waals surface area contributed by atoms with Gasteiger partial charge in [-0.15, -0.1) is 0 Å². The van der Waals surface area contributed by atoms with Gasteiger partial charge in [-0.1, -0.05) is 5.16 Å². The largest absolute Gasteiger partial charge is 0.484 e. The number of primary amides is 1. The number of aromatic amines is 1. The highest BCUT2D eigenvalue weighted by atomic mass is 16.5. The molecule has 0 radical (unpaired) electrons. The van der Waals surface area contributed by atoms with Gasteiger partial charge in [0.2, 0.25) is 5.82 Å². The van der Waals surface area contributed by atoms with Crippen molar-refractivity contribution in [2.45, 2.75) is 0 Å². The van der Waals surface area contributed by atoms with Gasteiger partial charge in [-0.2, -0.15) is 10.1 Å². The first-order chi connectivity index (χ1) is 10.2. The fourth-order valence-electron chi connectivity index (χ4n) is 1.68. The van der Waals surface area contributed by atoms with Gasteiger partial charge in [0.15, 0.2) is 6.61 Å². The number of nitrogens with two attached hydrogens (primary N) is 1. The summed E-state index contributed by atoms with van der Waals surface area (Å²) < 4.78 is 10.3. The maximum Gasteiger partial charge on any atom is 0.261 e.